The third-order valence-electron chi connectivity index (χ3n) is 9.20. The van der Waals surface area contributed by atoms with E-state index in [0.717, 1.165) is 88.6 Å². The molecule has 0 aromatic carbocycles. The van der Waals surface area contributed by atoms with Crippen molar-refractivity contribution in [2.45, 2.75) is 202 Å². The zero-order valence-electron chi connectivity index (χ0n) is 33.8. The Bertz CT molecular complexity index is 985. The molecule has 0 spiro atoms. The van der Waals surface area contributed by atoms with Crippen molar-refractivity contribution in [2.24, 2.45) is 17.3 Å². The summed E-state index contributed by atoms with van der Waals surface area (Å²) in [7, 11) is 0. The minimum absolute atomic E-state index is 0.0195. The number of amides is 2. The Morgan fingerprint density at radius 3 is 1.66 bits per heavy atom. The third kappa shape index (κ3) is 26.0. The van der Waals surface area contributed by atoms with Gasteiger partial charge in [-0.1, -0.05) is 80.1 Å². The molecule has 0 rings (SSSR count). The second kappa shape index (κ2) is 26.8. The number of esters is 1. The van der Waals surface area contributed by atoms with Crippen molar-refractivity contribution >= 4 is 41.1 Å². The molecule has 0 saturated heterocycles. The quantitative estimate of drug-likeness (QED) is 0.0583. The number of carbonyl (C=O) groups excluding carboxylic acids is 5. The third-order valence-corrected chi connectivity index (χ3v) is 10.4. The fourth-order valence-corrected chi connectivity index (χ4v) is 6.92. The first-order chi connectivity index (χ1) is 23.4. The standard InChI is InChI=1S/C41H76N2O6S/c1-11-33(32(4)44)23-17-15-18-24-34(45)27-28-35(40(5,6)7)42-36(46)25-20-16-22-30-50-29-21-14-12-13-19-26-37(47)43-38(31(2)3)39(48)49-41(8,9)10/h31,33,35,38H,11-30H2,1-10H3,(H,42,46)(H,43,47). The minimum atomic E-state index is -0.615. The topological polar surface area (TPSA) is 119 Å². The number of hydrogen-bond acceptors (Lipinski definition) is 7. The van der Waals surface area contributed by atoms with Gasteiger partial charge in [-0.2, -0.15) is 11.8 Å². The lowest BCUT2D eigenvalue weighted by Crippen LogP contribution is -2.47. The average Bonchev–Trinajstić information content (AvgIpc) is 3.00. The van der Waals surface area contributed by atoms with Crippen molar-refractivity contribution < 1.29 is 28.7 Å². The average molecular weight is 725 g/mol. The summed E-state index contributed by atoms with van der Waals surface area (Å²) < 4.78 is 5.46. The Labute approximate surface area is 310 Å². The summed E-state index contributed by atoms with van der Waals surface area (Å²) in [6.45, 7) is 19.4. The Morgan fingerprint density at radius 1 is 0.640 bits per heavy atom. The number of unbranched alkanes of at least 4 members (excludes halogenated alkanes) is 8. The van der Waals surface area contributed by atoms with E-state index in [4.69, 9.17) is 4.74 Å². The lowest BCUT2D eigenvalue weighted by molar-refractivity contribution is -0.160. The van der Waals surface area contributed by atoms with Crippen LogP contribution < -0.4 is 10.6 Å². The SMILES string of the molecule is CCC(CCCCCC(=O)CCC(NC(=O)CCCCCSCCCCCCCC(=O)NC(C(=O)OC(C)(C)C)C(C)C)C(C)(C)C)C(C)=O. The van der Waals surface area contributed by atoms with Crippen molar-refractivity contribution in [3.05, 3.63) is 0 Å². The summed E-state index contributed by atoms with van der Waals surface area (Å²) in [5, 5.41) is 6.08. The molecule has 2 N–H and O–H groups in total. The van der Waals surface area contributed by atoms with E-state index in [0.29, 0.717) is 32.1 Å². The van der Waals surface area contributed by atoms with Gasteiger partial charge in [0.2, 0.25) is 11.8 Å². The number of nitrogens with one attached hydrogen (secondary N) is 2. The van der Waals surface area contributed by atoms with E-state index in [9.17, 15) is 24.0 Å². The molecular weight excluding hydrogens is 649 g/mol. The van der Waals surface area contributed by atoms with Crippen molar-refractivity contribution in [2.75, 3.05) is 11.5 Å². The molecule has 9 heteroatoms. The highest BCUT2D eigenvalue weighted by Crippen LogP contribution is 2.24. The summed E-state index contributed by atoms with van der Waals surface area (Å²) in [4.78, 5) is 61.7. The first-order valence-electron chi connectivity index (χ1n) is 19.8. The highest BCUT2D eigenvalue weighted by atomic mass is 32.2. The van der Waals surface area contributed by atoms with Crippen LogP contribution in [0.25, 0.3) is 0 Å². The summed E-state index contributed by atoms with van der Waals surface area (Å²) in [6.07, 6.45) is 15.7. The van der Waals surface area contributed by atoms with Crippen LogP contribution in [0.1, 0.15) is 185 Å². The largest absolute Gasteiger partial charge is 0.458 e. The molecule has 3 unspecified atom stereocenters. The molecule has 0 saturated carbocycles. The van der Waals surface area contributed by atoms with Crippen LogP contribution in [0.5, 0.6) is 0 Å². The molecule has 0 aliphatic carbocycles. The molecule has 0 aromatic rings. The van der Waals surface area contributed by atoms with Crippen LogP contribution in [-0.4, -0.2) is 58.5 Å². The number of rotatable bonds is 29. The van der Waals surface area contributed by atoms with Crippen LogP contribution in [0.2, 0.25) is 0 Å². The Balaban J connectivity index is 3.99. The fourth-order valence-electron chi connectivity index (χ4n) is 5.90. The van der Waals surface area contributed by atoms with Gasteiger partial charge in [0.05, 0.1) is 0 Å². The van der Waals surface area contributed by atoms with Crippen LogP contribution in [0.3, 0.4) is 0 Å². The minimum Gasteiger partial charge on any atom is -0.458 e. The second-order valence-corrected chi connectivity index (χ2v) is 17.9. The van der Waals surface area contributed by atoms with E-state index < -0.39 is 11.6 Å². The fraction of sp³-hybridized carbons (Fsp3) is 0.878. The molecule has 292 valence electrons. The summed E-state index contributed by atoms with van der Waals surface area (Å²) in [5.74, 6) is 2.53. The van der Waals surface area contributed by atoms with Gasteiger partial charge in [-0.3, -0.25) is 19.2 Å². The van der Waals surface area contributed by atoms with Crippen molar-refractivity contribution in [3.63, 3.8) is 0 Å². The monoisotopic (exact) mass is 725 g/mol. The zero-order chi connectivity index (χ0) is 38.2. The van der Waals surface area contributed by atoms with Crippen molar-refractivity contribution in [1.82, 2.24) is 10.6 Å². The molecule has 0 fully saturated rings. The van der Waals surface area contributed by atoms with E-state index in [1.165, 1.54) is 6.42 Å². The van der Waals surface area contributed by atoms with Crippen molar-refractivity contribution in [1.29, 1.82) is 0 Å². The molecule has 0 heterocycles. The number of ketones is 2. The lowest BCUT2D eigenvalue weighted by Gasteiger charge is -2.31. The Morgan fingerprint density at radius 2 is 1.14 bits per heavy atom. The van der Waals surface area contributed by atoms with Gasteiger partial charge in [-0.15, -0.1) is 0 Å². The predicted molar refractivity (Wildman–Crippen MR) is 209 cm³/mol. The zero-order valence-corrected chi connectivity index (χ0v) is 34.6. The number of Topliss-reactive ketones (excluding diaryl/α,β-unsaturated/α-hetero) is 2. The maximum atomic E-state index is 12.7. The van der Waals surface area contributed by atoms with E-state index in [-0.39, 0.29) is 52.6 Å². The molecule has 0 bridgehead atoms. The predicted octanol–water partition coefficient (Wildman–Crippen LogP) is 9.55. The second-order valence-electron chi connectivity index (χ2n) is 16.6. The van der Waals surface area contributed by atoms with Crippen LogP contribution in [0.4, 0.5) is 0 Å². The number of hydrogen-bond donors (Lipinski definition) is 2. The summed E-state index contributed by atoms with van der Waals surface area (Å²) in [5.41, 5.74) is -0.685. The Hall–Kier alpha value is -1.90. The van der Waals surface area contributed by atoms with Gasteiger partial charge in [-0.05, 0) is 102 Å². The van der Waals surface area contributed by atoms with E-state index in [1.807, 2.05) is 46.4 Å². The number of thioether (sulfide) groups is 1. The normalized spacial score (nSPS) is 13.8. The van der Waals surface area contributed by atoms with E-state index in [2.05, 4.69) is 38.3 Å². The van der Waals surface area contributed by atoms with Gasteiger partial charge in [0.25, 0.3) is 0 Å². The van der Waals surface area contributed by atoms with Gasteiger partial charge in [0, 0.05) is 37.6 Å². The molecule has 50 heavy (non-hydrogen) atoms. The van der Waals surface area contributed by atoms with Crippen LogP contribution in [-0.2, 0) is 28.7 Å². The summed E-state index contributed by atoms with van der Waals surface area (Å²) in [6, 6.07) is -0.634. The highest BCUT2D eigenvalue weighted by Gasteiger charge is 2.29. The van der Waals surface area contributed by atoms with Gasteiger partial charge in [0.1, 0.15) is 23.2 Å². The molecular formula is C41H76N2O6S. The molecule has 3 atom stereocenters. The molecule has 2 amide bonds. The molecule has 0 aliphatic rings. The van der Waals surface area contributed by atoms with Gasteiger partial charge >= 0.3 is 5.97 Å². The molecule has 0 radical (unpaired) electrons. The van der Waals surface area contributed by atoms with E-state index >= 15 is 0 Å². The Kier molecular flexibility index (Phi) is 25.8. The van der Waals surface area contributed by atoms with Gasteiger partial charge in [-0.25, -0.2) is 4.79 Å². The first kappa shape index (κ1) is 48.1. The first-order valence-corrected chi connectivity index (χ1v) is 20.9. The van der Waals surface area contributed by atoms with Gasteiger partial charge < -0.3 is 15.4 Å². The molecule has 0 aliphatic heterocycles. The van der Waals surface area contributed by atoms with Crippen molar-refractivity contribution in [3.8, 4) is 0 Å². The van der Waals surface area contributed by atoms with Gasteiger partial charge in [0.15, 0.2) is 0 Å². The van der Waals surface area contributed by atoms with Crippen LogP contribution in [0.15, 0.2) is 0 Å². The smallest absolute Gasteiger partial charge is 0.329 e. The number of carbonyl (C=O) groups is 5. The highest BCUT2D eigenvalue weighted by molar-refractivity contribution is 7.99. The summed E-state index contributed by atoms with van der Waals surface area (Å²) >= 11 is 1.98. The van der Waals surface area contributed by atoms with E-state index in [1.54, 1.807) is 6.92 Å². The molecule has 8 nitrogen and oxygen atoms in total. The molecule has 0 aromatic heterocycles. The maximum Gasteiger partial charge on any atom is 0.329 e. The van der Waals surface area contributed by atoms with Crippen LogP contribution >= 0.6 is 11.8 Å². The number of ether oxygens (including phenoxy) is 1. The maximum absolute atomic E-state index is 12.7. The van der Waals surface area contributed by atoms with Crippen LogP contribution in [0, 0.1) is 17.3 Å². The lowest BCUT2D eigenvalue weighted by atomic mass is 9.83.